The molecule has 0 aliphatic carbocycles. The lowest BCUT2D eigenvalue weighted by atomic mass is 10.1. The van der Waals surface area contributed by atoms with E-state index in [0.717, 1.165) is 0 Å². The predicted molar refractivity (Wildman–Crippen MR) is 26.8 cm³/mol. The van der Waals surface area contributed by atoms with Crippen LogP contribution in [-0.2, 0) is 0 Å². The Morgan fingerprint density at radius 3 is 2.00 bits per heavy atom. The highest BCUT2D eigenvalue weighted by Gasteiger charge is 2.07. The van der Waals surface area contributed by atoms with Crippen LogP contribution in [0, 0.1) is 5.92 Å². The van der Waals surface area contributed by atoms with Gasteiger partial charge < -0.3 is 5.11 Å². The van der Waals surface area contributed by atoms with Gasteiger partial charge in [-0.25, -0.2) is 4.39 Å². The predicted octanol–water partition coefficient (Wildman–Crippen LogP) is 0.973. The van der Waals surface area contributed by atoms with E-state index >= 15 is 0 Å². The molecule has 0 aromatic heterocycles. The first kappa shape index (κ1) is 6.89. The summed E-state index contributed by atoms with van der Waals surface area (Å²) >= 11 is 0. The topological polar surface area (TPSA) is 20.2 Å². The lowest BCUT2D eigenvalue weighted by Crippen LogP contribution is -2.13. The van der Waals surface area contributed by atoms with E-state index in [0.29, 0.717) is 0 Å². The SMILES string of the molecule is CC(C)[C@@H](F)CO. The van der Waals surface area contributed by atoms with E-state index in [1.807, 2.05) is 0 Å². The lowest BCUT2D eigenvalue weighted by molar-refractivity contribution is 0.140. The molecule has 0 rings (SSSR count). The van der Waals surface area contributed by atoms with Gasteiger partial charge in [0.05, 0.1) is 6.61 Å². The molecule has 0 amide bonds. The molecule has 0 spiro atoms. The van der Waals surface area contributed by atoms with Crippen molar-refractivity contribution < 1.29 is 9.50 Å². The summed E-state index contributed by atoms with van der Waals surface area (Å²) in [6.45, 7) is 3.12. The largest absolute Gasteiger partial charge is 0.393 e. The van der Waals surface area contributed by atoms with Crippen molar-refractivity contribution in [3.8, 4) is 0 Å². The molecule has 0 radical (unpaired) electrons. The van der Waals surface area contributed by atoms with Crippen LogP contribution in [0.2, 0.25) is 0 Å². The molecule has 0 saturated carbocycles. The maximum absolute atomic E-state index is 12.0. The highest BCUT2D eigenvalue weighted by molar-refractivity contribution is 4.55. The Morgan fingerprint density at radius 2 is 2.00 bits per heavy atom. The van der Waals surface area contributed by atoms with Crippen molar-refractivity contribution in [2.75, 3.05) is 6.61 Å². The van der Waals surface area contributed by atoms with Gasteiger partial charge >= 0.3 is 0 Å². The molecule has 0 fully saturated rings. The number of hydrogen-bond donors (Lipinski definition) is 1. The van der Waals surface area contributed by atoms with Crippen LogP contribution in [0.5, 0.6) is 0 Å². The van der Waals surface area contributed by atoms with Gasteiger partial charge in [-0.2, -0.15) is 0 Å². The minimum atomic E-state index is -1.04. The minimum absolute atomic E-state index is 0.0509. The third kappa shape index (κ3) is 2.57. The molecular formula is C5H11FO. The normalized spacial score (nSPS) is 15.0. The summed E-state index contributed by atoms with van der Waals surface area (Å²) in [5.74, 6) is -0.0509. The van der Waals surface area contributed by atoms with Crippen molar-refractivity contribution >= 4 is 0 Å². The van der Waals surface area contributed by atoms with E-state index < -0.39 is 6.17 Å². The Kier molecular flexibility index (Phi) is 2.92. The standard InChI is InChI=1S/C5H11FO/c1-4(2)5(6)3-7/h4-5,7H,3H2,1-2H3/t5-/m0/s1. The molecule has 1 nitrogen and oxygen atoms in total. The van der Waals surface area contributed by atoms with Crippen LogP contribution >= 0.6 is 0 Å². The first-order chi connectivity index (χ1) is 3.18. The quantitative estimate of drug-likeness (QED) is 0.556. The third-order valence-electron chi connectivity index (χ3n) is 0.898. The van der Waals surface area contributed by atoms with Gasteiger partial charge in [0.15, 0.2) is 0 Å². The first-order valence-corrected chi connectivity index (χ1v) is 2.43. The fourth-order valence-corrected chi connectivity index (χ4v) is 0.211. The summed E-state index contributed by atoms with van der Waals surface area (Å²) in [5, 5.41) is 8.13. The van der Waals surface area contributed by atoms with Crippen LogP contribution in [0.1, 0.15) is 13.8 Å². The molecule has 2 heteroatoms. The lowest BCUT2D eigenvalue weighted by Gasteiger charge is -2.05. The van der Waals surface area contributed by atoms with E-state index in [1.165, 1.54) is 0 Å². The third-order valence-corrected chi connectivity index (χ3v) is 0.898. The van der Waals surface area contributed by atoms with Gasteiger partial charge in [0.2, 0.25) is 0 Å². The fourth-order valence-electron chi connectivity index (χ4n) is 0.211. The van der Waals surface area contributed by atoms with Crippen molar-refractivity contribution in [1.82, 2.24) is 0 Å². The number of alkyl halides is 1. The van der Waals surface area contributed by atoms with E-state index in [2.05, 4.69) is 0 Å². The van der Waals surface area contributed by atoms with Gasteiger partial charge in [-0.15, -0.1) is 0 Å². The van der Waals surface area contributed by atoms with Crippen molar-refractivity contribution in [1.29, 1.82) is 0 Å². The molecule has 1 N–H and O–H groups in total. The molecule has 0 saturated heterocycles. The zero-order valence-electron chi connectivity index (χ0n) is 4.69. The molecule has 7 heavy (non-hydrogen) atoms. The Labute approximate surface area is 43.2 Å². The van der Waals surface area contributed by atoms with Gasteiger partial charge in [0, 0.05) is 0 Å². The van der Waals surface area contributed by atoms with Gasteiger partial charge in [0.25, 0.3) is 0 Å². The number of hydrogen-bond acceptors (Lipinski definition) is 1. The van der Waals surface area contributed by atoms with E-state index in [-0.39, 0.29) is 12.5 Å². The number of rotatable bonds is 2. The molecule has 0 aliphatic rings. The van der Waals surface area contributed by atoms with Gasteiger partial charge in [-0.05, 0) is 5.92 Å². The van der Waals surface area contributed by atoms with Crippen LogP contribution in [0.3, 0.4) is 0 Å². The fraction of sp³-hybridized carbons (Fsp3) is 1.00. The smallest absolute Gasteiger partial charge is 0.125 e. The van der Waals surface area contributed by atoms with Crippen LogP contribution in [0.4, 0.5) is 4.39 Å². The molecule has 44 valence electrons. The van der Waals surface area contributed by atoms with Crippen LogP contribution in [0.25, 0.3) is 0 Å². The minimum Gasteiger partial charge on any atom is -0.393 e. The van der Waals surface area contributed by atoms with Crippen molar-refractivity contribution in [2.45, 2.75) is 20.0 Å². The Balaban J connectivity index is 3.14. The summed E-state index contributed by atoms with van der Waals surface area (Å²) < 4.78 is 12.0. The van der Waals surface area contributed by atoms with E-state index in [1.54, 1.807) is 13.8 Å². The maximum Gasteiger partial charge on any atom is 0.125 e. The second kappa shape index (κ2) is 2.97. The average molecular weight is 106 g/mol. The van der Waals surface area contributed by atoms with E-state index in [9.17, 15) is 4.39 Å². The second-order valence-electron chi connectivity index (χ2n) is 1.94. The Morgan fingerprint density at radius 1 is 1.57 bits per heavy atom. The van der Waals surface area contributed by atoms with Crippen LogP contribution in [-0.4, -0.2) is 17.9 Å². The van der Waals surface area contributed by atoms with Gasteiger partial charge in [-0.3, -0.25) is 0 Å². The molecule has 0 aliphatic heterocycles. The number of aliphatic hydroxyl groups excluding tert-OH is 1. The molecule has 0 heterocycles. The Hall–Kier alpha value is -0.110. The first-order valence-electron chi connectivity index (χ1n) is 2.43. The van der Waals surface area contributed by atoms with Crippen LogP contribution in [0.15, 0.2) is 0 Å². The maximum atomic E-state index is 12.0. The summed E-state index contributed by atoms with van der Waals surface area (Å²) in [4.78, 5) is 0. The molecule has 0 bridgehead atoms. The van der Waals surface area contributed by atoms with Crippen molar-refractivity contribution in [2.24, 2.45) is 5.92 Å². The van der Waals surface area contributed by atoms with Gasteiger partial charge in [0.1, 0.15) is 6.17 Å². The Bertz CT molecular complexity index is 45.3. The molecule has 1 atom stereocenters. The summed E-state index contributed by atoms with van der Waals surface area (Å²) in [5.41, 5.74) is 0. The van der Waals surface area contributed by atoms with Crippen LogP contribution < -0.4 is 0 Å². The monoisotopic (exact) mass is 106 g/mol. The molecule has 0 aromatic rings. The highest BCUT2D eigenvalue weighted by Crippen LogP contribution is 2.02. The van der Waals surface area contributed by atoms with Crippen molar-refractivity contribution in [3.05, 3.63) is 0 Å². The highest BCUT2D eigenvalue weighted by atomic mass is 19.1. The molecular weight excluding hydrogens is 95.1 g/mol. The number of halogens is 1. The summed E-state index contributed by atoms with van der Waals surface area (Å²) in [6, 6.07) is 0. The average Bonchev–Trinajstić information content (AvgIpc) is 1.65. The zero-order chi connectivity index (χ0) is 5.86. The summed E-state index contributed by atoms with van der Waals surface area (Å²) in [7, 11) is 0. The zero-order valence-corrected chi connectivity index (χ0v) is 4.69. The van der Waals surface area contributed by atoms with Crippen molar-refractivity contribution in [3.63, 3.8) is 0 Å². The van der Waals surface area contributed by atoms with Gasteiger partial charge in [-0.1, -0.05) is 13.8 Å². The van der Waals surface area contributed by atoms with E-state index in [4.69, 9.17) is 5.11 Å². The second-order valence-corrected chi connectivity index (χ2v) is 1.94. The molecule has 0 unspecified atom stereocenters. The summed E-state index contributed by atoms with van der Waals surface area (Å²) in [6.07, 6.45) is -1.04. The number of aliphatic hydroxyl groups is 1. The molecule has 0 aromatic carbocycles.